The molecule has 1 N–H and O–H groups in total. The van der Waals surface area contributed by atoms with Gasteiger partial charge >= 0.3 is 0 Å². The monoisotopic (exact) mass is 228 g/mol. The smallest absolute Gasteiger partial charge is 0.147 e. The van der Waals surface area contributed by atoms with Gasteiger partial charge in [0.15, 0.2) is 0 Å². The summed E-state index contributed by atoms with van der Waals surface area (Å²) in [5.41, 5.74) is 0.272. The zero-order valence-corrected chi connectivity index (χ0v) is 9.38. The lowest BCUT2D eigenvalue weighted by Gasteiger charge is -2.18. The number of furan rings is 2. The van der Waals surface area contributed by atoms with Gasteiger partial charge in [0.25, 0.3) is 0 Å². The molecular formula is C14H12O3. The maximum atomic E-state index is 10.5. The number of benzene rings is 1. The zero-order valence-electron chi connectivity index (χ0n) is 9.38. The maximum absolute atomic E-state index is 10.5. The van der Waals surface area contributed by atoms with Crippen LogP contribution in [0, 0.1) is 0 Å². The highest BCUT2D eigenvalue weighted by molar-refractivity contribution is 5.78. The van der Waals surface area contributed by atoms with Crippen LogP contribution in [0.15, 0.2) is 57.8 Å². The van der Waals surface area contributed by atoms with Crippen molar-refractivity contribution in [1.82, 2.24) is 0 Å². The third-order valence-corrected chi connectivity index (χ3v) is 2.99. The Morgan fingerprint density at radius 3 is 2.71 bits per heavy atom. The van der Waals surface area contributed by atoms with Crippen molar-refractivity contribution in [2.45, 2.75) is 12.5 Å². The Bertz CT molecular complexity index is 599. The molecular weight excluding hydrogens is 216 g/mol. The molecule has 0 saturated heterocycles. The van der Waals surface area contributed by atoms with E-state index in [9.17, 15) is 5.11 Å². The summed E-state index contributed by atoms with van der Waals surface area (Å²) in [6, 6.07) is 11.3. The quantitative estimate of drug-likeness (QED) is 0.732. The summed E-state index contributed by atoms with van der Waals surface area (Å²) in [4.78, 5) is 0. The molecule has 2 heterocycles. The molecule has 1 aromatic carbocycles. The second-order valence-corrected chi connectivity index (χ2v) is 4.23. The Labute approximate surface area is 98.3 Å². The van der Waals surface area contributed by atoms with Gasteiger partial charge in [-0.3, -0.25) is 0 Å². The first-order chi connectivity index (χ1) is 8.18. The second kappa shape index (κ2) is 3.50. The maximum Gasteiger partial charge on any atom is 0.147 e. The molecule has 0 bridgehead atoms. The SMILES string of the molecule is CC(O)(c1ccoc1)c1cc2ccccc2o1. The summed E-state index contributed by atoms with van der Waals surface area (Å²) < 4.78 is 10.7. The van der Waals surface area contributed by atoms with Gasteiger partial charge in [0.05, 0.1) is 12.5 Å². The molecule has 0 aliphatic carbocycles. The fraction of sp³-hybridized carbons (Fsp3) is 0.143. The van der Waals surface area contributed by atoms with Crippen molar-refractivity contribution >= 4 is 11.0 Å². The van der Waals surface area contributed by atoms with E-state index in [-0.39, 0.29) is 0 Å². The van der Waals surface area contributed by atoms with E-state index < -0.39 is 5.60 Å². The minimum atomic E-state index is -1.17. The normalized spacial score (nSPS) is 14.9. The van der Waals surface area contributed by atoms with Gasteiger partial charge < -0.3 is 13.9 Å². The molecule has 0 spiro atoms. The van der Waals surface area contributed by atoms with E-state index in [1.807, 2.05) is 30.3 Å². The summed E-state index contributed by atoms with van der Waals surface area (Å²) in [5, 5.41) is 11.5. The lowest BCUT2D eigenvalue weighted by Crippen LogP contribution is -2.20. The zero-order chi connectivity index (χ0) is 11.9. The molecule has 1 atom stereocenters. The van der Waals surface area contributed by atoms with E-state index in [4.69, 9.17) is 8.83 Å². The molecule has 0 fully saturated rings. The van der Waals surface area contributed by atoms with Crippen molar-refractivity contribution < 1.29 is 13.9 Å². The van der Waals surface area contributed by atoms with Crippen LogP contribution in [0.4, 0.5) is 0 Å². The van der Waals surface area contributed by atoms with E-state index in [0.717, 1.165) is 11.0 Å². The van der Waals surface area contributed by atoms with Gasteiger partial charge in [0, 0.05) is 10.9 Å². The van der Waals surface area contributed by atoms with E-state index in [1.165, 1.54) is 12.5 Å². The Hall–Kier alpha value is -2.00. The van der Waals surface area contributed by atoms with Crippen LogP contribution in [-0.2, 0) is 5.60 Å². The van der Waals surface area contributed by atoms with Crippen molar-refractivity contribution in [2.75, 3.05) is 0 Å². The van der Waals surface area contributed by atoms with Crippen molar-refractivity contribution in [3.63, 3.8) is 0 Å². The molecule has 0 saturated carbocycles. The van der Waals surface area contributed by atoms with Crippen LogP contribution >= 0.6 is 0 Å². The number of fused-ring (bicyclic) bond motifs is 1. The van der Waals surface area contributed by atoms with Gasteiger partial charge in [0.2, 0.25) is 0 Å². The first-order valence-electron chi connectivity index (χ1n) is 5.42. The third-order valence-electron chi connectivity index (χ3n) is 2.99. The highest BCUT2D eigenvalue weighted by atomic mass is 16.4. The average Bonchev–Trinajstić information content (AvgIpc) is 2.98. The van der Waals surface area contributed by atoms with Gasteiger partial charge in [-0.25, -0.2) is 0 Å². The number of hydrogen-bond donors (Lipinski definition) is 1. The topological polar surface area (TPSA) is 46.5 Å². The summed E-state index contributed by atoms with van der Waals surface area (Å²) in [6.07, 6.45) is 3.06. The Morgan fingerprint density at radius 2 is 2.00 bits per heavy atom. The summed E-state index contributed by atoms with van der Waals surface area (Å²) >= 11 is 0. The number of para-hydroxylation sites is 1. The molecule has 3 aromatic rings. The third kappa shape index (κ3) is 1.56. The first-order valence-corrected chi connectivity index (χ1v) is 5.42. The van der Waals surface area contributed by atoms with Crippen LogP contribution in [0.5, 0.6) is 0 Å². The second-order valence-electron chi connectivity index (χ2n) is 4.23. The van der Waals surface area contributed by atoms with Crippen LogP contribution in [0.2, 0.25) is 0 Å². The van der Waals surface area contributed by atoms with Crippen molar-refractivity contribution in [2.24, 2.45) is 0 Å². The molecule has 2 aromatic heterocycles. The van der Waals surface area contributed by atoms with Crippen LogP contribution in [-0.4, -0.2) is 5.11 Å². The summed E-state index contributed by atoms with van der Waals surface area (Å²) in [6.45, 7) is 1.69. The van der Waals surface area contributed by atoms with Crippen LogP contribution in [0.3, 0.4) is 0 Å². The van der Waals surface area contributed by atoms with Crippen molar-refractivity contribution in [3.8, 4) is 0 Å². The fourth-order valence-electron chi connectivity index (χ4n) is 1.91. The molecule has 1 unspecified atom stereocenters. The van der Waals surface area contributed by atoms with Gasteiger partial charge in [0.1, 0.15) is 16.9 Å². The molecule has 3 nitrogen and oxygen atoms in total. The van der Waals surface area contributed by atoms with Crippen LogP contribution < -0.4 is 0 Å². The van der Waals surface area contributed by atoms with Gasteiger partial charge in [-0.2, -0.15) is 0 Å². The van der Waals surface area contributed by atoms with Gasteiger partial charge in [-0.05, 0) is 25.1 Å². The minimum absolute atomic E-state index is 0.514. The number of rotatable bonds is 2. The van der Waals surface area contributed by atoms with Gasteiger partial charge in [-0.15, -0.1) is 0 Å². The largest absolute Gasteiger partial charge is 0.472 e. The number of aliphatic hydroxyl groups is 1. The van der Waals surface area contributed by atoms with E-state index in [0.29, 0.717) is 11.3 Å². The standard InChI is InChI=1S/C14H12O3/c1-14(15,11-6-7-16-9-11)13-8-10-4-2-3-5-12(10)17-13/h2-9,15H,1H3. The highest BCUT2D eigenvalue weighted by Crippen LogP contribution is 2.33. The van der Waals surface area contributed by atoms with Crippen LogP contribution in [0.1, 0.15) is 18.2 Å². The van der Waals surface area contributed by atoms with E-state index in [1.54, 1.807) is 13.0 Å². The highest BCUT2D eigenvalue weighted by Gasteiger charge is 2.30. The molecule has 3 rings (SSSR count). The fourth-order valence-corrected chi connectivity index (χ4v) is 1.91. The first kappa shape index (κ1) is 10.2. The molecule has 86 valence electrons. The van der Waals surface area contributed by atoms with Crippen LogP contribution in [0.25, 0.3) is 11.0 Å². The van der Waals surface area contributed by atoms with Crippen molar-refractivity contribution in [3.05, 3.63) is 60.2 Å². The Morgan fingerprint density at radius 1 is 1.18 bits per heavy atom. The Kier molecular flexibility index (Phi) is 2.09. The lowest BCUT2D eigenvalue weighted by molar-refractivity contribution is 0.0780. The molecule has 0 aliphatic heterocycles. The van der Waals surface area contributed by atoms with E-state index >= 15 is 0 Å². The predicted octanol–water partition coefficient (Wildman–Crippen LogP) is 3.28. The molecule has 17 heavy (non-hydrogen) atoms. The van der Waals surface area contributed by atoms with E-state index in [2.05, 4.69) is 0 Å². The summed E-state index contributed by atoms with van der Waals surface area (Å²) in [7, 11) is 0. The predicted molar refractivity (Wildman–Crippen MR) is 63.6 cm³/mol. The Balaban J connectivity index is 2.15. The lowest BCUT2D eigenvalue weighted by atomic mass is 9.96. The van der Waals surface area contributed by atoms with Crippen molar-refractivity contribution in [1.29, 1.82) is 0 Å². The molecule has 0 radical (unpaired) electrons. The number of hydrogen-bond acceptors (Lipinski definition) is 3. The average molecular weight is 228 g/mol. The summed E-state index contributed by atoms with van der Waals surface area (Å²) in [5.74, 6) is 0.514. The van der Waals surface area contributed by atoms with Gasteiger partial charge in [-0.1, -0.05) is 18.2 Å². The minimum Gasteiger partial charge on any atom is -0.472 e. The molecule has 3 heteroatoms. The molecule has 0 amide bonds. The molecule has 0 aliphatic rings.